The molecular formula is C27H34N6O2S. The number of carbonyl (C=O) groups excluding carboxylic acids is 2. The van der Waals surface area contributed by atoms with Crippen molar-refractivity contribution in [2.75, 3.05) is 38.2 Å². The number of nitrogen functional groups attached to an aromatic ring is 1. The van der Waals surface area contributed by atoms with Gasteiger partial charge in [0.2, 0.25) is 0 Å². The Morgan fingerprint density at radius 3 is 2.75 bits per heavy atom. The molecule has 1 aromatic carbocycles. The molecule has 3 N–H and O–H groups in total. The lowest BCUT2D eigenvalue weighted by atomic mass is 9.89. The van der Waals surface area contributed by atoms with Gasteiger partial charge >= 0.3 is 11.8 Å². The van der Waals surface area contributed by atoms with E-state index in [4.69, 9.17) is 10.7 Å². The Balaban J connectivity index is 1.34. The molecule has 2 fully saturated rings. The third-order valence-corrected chi connectivity index (χ3v) is 8.21. The van der Waals surface area contributed by atoms with E-state index in [1.165, 1.54) is 6.20 Å². The maximum atomic E-state index is 13.4. The lowest BCUT2D eigenvalue weighted by Gasteiger charge is -2.38. The zero-order valence-corrected chi connectivity index (χ0v) is 22.0. The Labute approximate surface area is 215 Å². The number of carbonyl (C=O) groups is 2. The summed E-state index contributed by atoms with van der Waals surface area (Å²) < 4.78 is 1.15. The summed E-state index contributed by atoms with van der Waals surface area (Å²) in [6.07, 6.45) is 6.42. The molecule has 2 aromatic heterocycles. The van der Waals surface area contributed by atoms with E-state index in [-0.39, 0.29) is 6.04 Å². The zero-order chi connectivity index (χ0) is 25.4. The second-order valence-corrected chi connectivity index (χ2v) is 11.6. The summed E-state index contributed by atoms with van der Waals surface area (Å²) in [6.45, 7) is 3.63. The molecule has 2 aliphatic rings. The van der Waals surface area contributed by atoms with Crippen LogP contribution >= 0.6 is 11.3 Å². The standard InChI is InChI=1S/C27H34N6O2S/c1-16-4-8-22(18-7-9-23-21(12-18)31-24(36-23)10-11-32(2)3)33(15-16)27(35)26(34)30-19-13-20(17-5-6-17)25(28)29-14-19/h7,9,12-14,16-17,22H,4-6,8,10-11,15H2,1-3H3,(H2,28,29)(H,30,34). The van der Waals surface area contributed by atoms with Crippen LogP contribution in [0.25, 0.3) is 10.2 Å². The number of likely N-dealkylation sites (tertiary alicyclic amines) is 1. The topological polar surface area (TPSA) is 104 Å². The van der Waals surface area contributed by atoms with Crippen LogP contribution in [0.3, 0.4) is 0 Å². The third kappa shape index (κ3) is 5.37. The lowest BCUT2D eigenvalue weighted by molar-refractivity contribution is -0.146. The Kier molecular flexibility index (Phi) is 6.94. The van der Waals surface area contributed by atoms with E-state index < -0.39 is 11.8 Å². The lowest BCUT2D eigenvalue weighted by Crippen LogP contribution is -2.46. The van der Waals surface area contributed by atoms with Gasteiger partial charge in [0.05, 0.1) is 33.2 Å². The number of aromatic nitrogens is 2. The van der Waals surface area contributed by atoms with Crippen LogP contribution in [0.2, 0.25) is 0 Å². The van der Waals surface area contributed by atoms with Gasteiger partial charge in [-0.25, -0.2) is 9.97 Å². The summed E-state index contributed by atoms with van der Waals surface area (Å²) in [4.78, 5) is 39.4. The van der Waals surface area contributed by atoms with Crippen molar-refractivity contribution < 1.29 is 9.59 Å². The highest BCUT2D eigenvalue weighted by atomic mass is 32.1. The third-order valence-electron chi connectivity index (χ3n) is 7.11. The summed E-state index contributed by atoms with van der Waals surface area (Å²) in [7, 11) is 4.13. The summed E-state index contributed by atoms with van der Waals surface area (Å²) >= 11 is 1.72. The number of nitrogens with two attached hydrogens (primary N) is 1. The maximum Gasteiger partial charge on any atom is 0.313 e. The molecule has 8 nitrogen and oxygen atoms in total. The molecule has 190 valence electrons. The Hall–Kier alpha value is -3.04. The number of hydrogen-bond acceptors (Lipinski definition) is 7. The van der Waals surface area contributed by atoms with Crippen LogP contribution in [0.5, 0.6) is 0 Å². The van der Waals surface area contributed by atoms with Crippen LogP contribution in [0.1, 0.15) is 60.7 Å². The van der Waals surface area contributed by atoms with E-state index in [1.807, 2.05) is 6.07 Å². The van der Waals surface area contributed by atoms with E-state index >= 15 is 0 Å². The first-order chi connectivity index (χ1) is 17.3. The molecule has 2 amide bonds. The maximum absolute atomic E-state index is 13.4. The fourth-order valence-electron chi connectivity index (χ4n) is 4.95. The molecule has 0 bridgehead atoms. The van der Waals surface area contributed by atoms with Gasteiger partial charge in [-0.05, 0) is 80.9 Å². The number of pyridine rings is 1. The molecule has 36 heavy (non-hydrogen) atoms. The molecule has 2 unspecified atom stereocenters. The number of hydrogen-bond donors (Lipinski definition) is 2. The van der Waals surface area contributed by atoms with Crippen molar-refractivity contribution >= 4 is 44.9 Å². The Morgan fingerprint density at radius 1 is 1.19 bits per heavy atom. The minimum atomic E-state index is -0.636. The SMILES string of the molecule is CC1CCC(c2ccc3sc(CCN(C)C)nc3c2)N(C(=O)C(=O)Nc2cnc(N)c(C3CC3)c2)C1. The molecular weight excluding hydrogens is 472 g/mol. The zero-order valence-electron chi connectivity index (χ0n) is 21.2. The first-order valence-corrected chi connectivity index (χ1v) is 13.5. The van der Waals surface area contributed by atoms with Gasteiger partial charge in [0, 0.05) is 19.5 Å². The molecule has 2 atom stereocenters. The molecule has 5 rings (SSSR count). The summed E-state index contributed by atoms with van der Waals surface area (Å²) in [5.41, 5.74) is 9.46. The smallest absolute Gasteiger partial charge is 0.313 e. The fourth-order valence-corrected chi connectivity index (χ4v) is 5.88. The van der Waals surface area contributed by atoms with E-state index in [0.717, 1.165) is 65.0 Å². The average molecular weight is 507 g/mol. The van der Waals surface area contributed by atoms with Crippen molar-refractivity contribution in [1.82, 2.24) is 19.8 Å². The normalized spacial score (nSPS) is 20.2. The molecule has 3 heterocycles. The van der Waals surface area contributed by atoms with E-state index in [1.54, 1.807) is 16.2 Å². The minimum Gasteiger partial charge on any atom is -0.383 e. The first-order valence-electron chi connectivity index (χ1n) is 12.7. The van der Waals surface area contributed by atoms with Crippen molar-refractivity contribution in [3.8, 4) is 0 Å². The first kappa shape index (κ1) is 24.6. The van der Waals surface area contributed by atoms with Crippen LogP contribution in [-0.2, 0) is 16.0 Å². The van der Waals surface area contributed by atoms with Crippen molar-refractivity contribution in [2.24, 2.45) is 5.92 Å². The number of nitrogens with one attached hydrogen (secondary N) is 1. The number of likely N-dealkylation sites (N-methyl/N-ethyl adjacent to an activating group) is 1. The quantitative estimate of drug-likeness (QED) is 0.486. The summed E-state index contributed by atoms with van der Waals surface area (Å²) in [5, 5.41) is 3.88. The van der Waals surface area contributed by atoms with Crippen LogP contribution in [0.4, 0.5) is 11.5 Å². The van der Waals surface area contributed by atoms with Gasteiger partial charge in [0.1, 0.15) is 5.82 Å². The van der Waals surface area contributed by atoms with Gasteiger partial charge in [0.15, 0.2) is 0 Å². The molecule has 0 radical (unpaired) electrons. The molecule has 3 aromatic rings. The summed E-state index contributed by atoms with van der Waals surface area (Å²) in [6, 6.07) is 7.98. The monoisotopic (exact) mass is 506 g/mol. The predicted molar refractivity (Wildman–Crippen MR) is 144 cm³/mol. The molecule has 9 heteroatoms. The number of rotatable bonds is 6. The average Bonchev–Trinajstić information content (AvgIpc) is 3.61. The van der Waals surface area contributed by atoms with Gasteiger partial charge in [-0.15, -0.1) is 11.3 Å². The van der Waals surface area contributed by atoms with E-state index in [0.29, 0.717) is 29.9 Å². The minimum absolute atomic E-state index is 0.151. The van der Waals surface area contributed by atoms with Crippen LogP contribution < -0.4 is 11.1 Å². The van der Waals surface area contributed by atoms with Crippen LogP contribution in [-0.4, -0.2) is 58.8 Å². The van der Waals surface area contributed by atoms with Crippen LogP contribution in [0.15, 0.2) is 30.5 Å². The molecule has 1 saturated carbocycles. The van der Waals surface area contributed by atoms with Crippen LogP contribution in [0, 0.1) is 5.92 Å². The highest BCUT2D eigenvalue weighted by Crippen LogP contribution is 2.43. The van der Waals surface area contributed by atoms with Gasteiger partial charge in [-0.3, -0.25) is 9.59 Å². The Morgan fingerprint density at radius 2 is 2.00 bits per heavy atom. The predicted octanol–water partition coefficient (Wildman–Crippen LogP) is 4.19. The fraction of sp³-hybridized carbons (Fsp3) is 0.481. The second-order valence-electron chi connectivity index (χ2n) is 10.5. The summed E-state index contributed by atoms with van der Waals surface area (Å²) in [5.74, 6) is 0.0817. The number of fused-ring (bicyclic) bond motifs is 1. The van der Waals surface area contributed by atoms with Gasteiger partial charge in [0.25, 0.3) is 0 Å². The van der Waals surface area contributed by atoms with Gasteiger partial charge in [-0.2, -0.15) is 0 Å². The highest BCUT2D eigenvalue weighted by molar-refractivity contribution is 7.18. The van der Waals surface area contributed by atoms with Crippen molar-refractivity contribution in [1.29, 1.82) is 0 Å². The van der Waals surface area contributed by atoms with E-state index in [9.17, 15) is 9.59 Å². The van der Waals surface area contributed by atoms with Crippen molar-refractivity contribution in [3.05, 3.63) is 46.6 Å². The van der Waals surface area contributed by atoms with Gasteiger partial charge in [-0.1, -0.05) is 13.0 Å². The molecule has 0 spiro atoms. The molecule has 1 saturated heterocycles. The number of anilines is 2. The van der Waals surface area contributed by atoms with Crippen molar-refractivity contribution in [2.45, 2.75) is 51.0 Å². The molecule has 1 aliphatic heterocycles. The number of benzene rings is 1. The van der Waals surface area contributed by atoms with E-state index in [2.05, 4.69) is 54.4 Å². The highest BCUT2D eigenvalue weighted by Gasteiger charge is 2.35. The second kappa shape index (κ2) is 10.1. The number of amides is 2. The largest absolute Gasteiger partial charge is 0.383 e. The number of nitrogens with zero attached hydrogens (tertiary/aromatic N) is 4. The number of thiazole rings is 1. The van der Waals surface area contributed by atoms with Gasteiger partial charge < -0.3 is 20.9 Å². The van der Waals surface area contributed by atoms with Crippen molar-refractivity contribution in [3.63, 3.8) is 0 Å². The Bertz CT molecular complexity index is 1280. The molecule has 1 aliphatic carbocycles. The number of piperidine rings is 1.